The van der Waals surface area contributed by atoms with Gasteiger partial charge < -0.3 is 0 Å². The molecule has 0 aromatic heterocycles. The maximum absolute atomic E-state index is 5.05. The molecule has 0 saturated heterocycles. The first-order valence-electron chi connectivity index (χ1n) is 2.79. The molecule has 0 saturated carbocycles. The van der Waals surface area contributed by atoms with Crippen LogP contribution in [0.3, 0.4) is 0 Å². The fourth-order valence-corrected chi connectivity index (χ4v) is 1.63. The fourth-order valence-electron chi connectivity index (χ4n) is 0.678. The van der Waals surface area contributed by atoms with Crippen LogP contribution in [0.1, 0.15) is 0 Å². The zero-order valence-corrected chi connectivity index (χ0v) is 8.03. The van der Waals surface area contributed by atoms with Crippen molar-refractivity contribution in [2.24, 2.45) is 0 Å². The number of hydrogen-bond donors (Lipinski definition) is 0. The summed E-state index contributed by atoms with van der Waals surface area (Å²) >= 11 is 3.84. The molecule has 55 valence electrons. The summed E-state index contributed by atoms with van der Waals surface area (Å²) in [5.74, 6) is 0.923. The molecule has 0 fully saturated rings. The number of thioether (sulfide) groups is 1. The van der Waals surface area contributed by atoms with E-state index in [0.717, 1.165) is 5.75 Å². The van der Waals surface area contributed by atoms with E-state index in [-0.39, 0.29) is 0 Å². The molecule has 0 unspecified atom stereocenters. The molecular weight excluding hydrogens is 233 g/mol. The van der Waals surface area contributed by atoms with Gasteiger partial charge in [0, 0.05) is 0 Å². The summed E-state index contributed by atoms with van der Waals surface area (Å²) < 4.78 is 5.05. The van der Waals surface area contributed by atoms with Crippen LogP contribution in [-0.4, -0.2) is 6.26 Å². The summed E-state index contributed by atoms with van der Waals surface area (Å²) in [5, 5.41) is 0. The van der Waals surface area contributed by atoms with Crippen LogP contribution in [0.25, 0.3) is 0 Å². The SMILES string of the molecule is CSc1ccccc1[O][Ru]. The van der Waals surface area contributed by atoms with Crippen LogP contribution in [0.5, 0.6) is 5.75 Å². The molecule has 1 aromatic carbocycles. The predicted octanol–water partition coefficient (Wildman–Crippen LogP) is 2.25. The van der Waals surface area contributed by atoms with Gasteiger partial charge in [0.25, 0.3) is 0 Å². The van der Waals surface area contributed by atoms with Crippen LogP contribution in [0, 0.1) is 0 Å². The molecule has 0 aliphatic heterocycles. The van der Waals surface area contributed by atoms with Crippen LogP contribution in [0.15, 0.2) is 29.2 Å². The molecule has 0 heterocycles. The Morgan fingerprint density at radius 1 is 1.40 bits per heavy atom. The molecule has 0 spiro atoms. The molecule has 10 heavy (non-hydrogen) atoms. The Labute approximate surface area is 75.2 Å². The van der Waals surface area contributed by atoms with Gasteiger partial charge in [0.05, 0.1) is 0 Å². The summed E-state index contributed by atoms with van der Waals surface area (Å²) in [6.45, 7) is 0. The molecule has 1 nitrogen and oxygen atoms in total. The van der Waals surface area contributed by atoms with Gasteiger partial charge in [-0.3, -0.25) is 0 Å². The van der Waals surface area contributed by atoms with E-state index in [1.165, 1.54) is 4.90 Å². The van der Waals surface area contributed by atoms with E-state index in [1.54, 1.807) is 11.8 Å². The first-order chi connectivity index (χ1) is 4.88. The molecule has 3 heteroatoms. The van der Waals surface area contributed by atoms with Gasteiger partial charge in [-0.1, -0.05) is 0 Å². The molecule has 0 bridgehead atoms. The van der Waals surface area contributed by atoms with Crippen LogP contribution in [0.4, 0.5) is 0 Å². The average molecular weight is 240 g/mol. The van der Waals surface area contributed by atoms with E-state index in [9.17, 15) is 0 Å². The van der Waals surface area contributed by atoms with E-state index in [4.69, 9.17) is 3.56 Å². The Balaban J connectivity index is 2.96. The third kappa shape index (κ3) is 1.74. The minimum atomic E-state index is 0.923. The van der Waals surface area contributed by atoms with E-state index in [1.807, 2.05) is 30.5 Å². The van der Waals surface area contributed by atoms with Gasteiger partial charge in [0.15, 0.2) is 0 Å². The molecule has 1 aromatic rings. The van der Waals surface area contributed by atoms with Crippen molar-refractivity contribution < 1.29 is 22.2 Å². The van der Waals surface area contributed by atoms with Crippen LogP contribution < -0.4 is 3.56 Å². The Morgan fingerprint density at radius 2 is 2.10 bits per heavy atom. The van der Waals surface area contributed by atoms with E-state index >= 15 is 0 Å². The first-order valence-corrected chi connectivity index (χ1v) is 4.72. The van der Waals surface area contributed by atoms with Gasteiger partial charge in [0.1, 0.15) is 0 Å². The van der Waals surface area contributed by atoms with Crippen molar-refractivity contribution in [1.82, 2.24) is 0 Å². The second-order valence-corrected chi connectivity index (χ2v) is 2.93. The molecule has 0 aliphatic carbocycles. The quantitative estimate of drug-likeness (QED) is 0.579. The number of benzene rings is 1. The molecule has 0 aliphatic rings. The third-order valence-corrected chi connectivity index (χ3v) is 2.31. The zero-order valence-electron chi connectivity index (χ0n) is 5.48. The number of rotatable bonds is 2. The average Bonchev–Trinajstić information content (AvgIpc) is 2.04. The molecule has 0 N–H and O–H groups in total. The van der Waals surface area contributed by atoms with Gasteiger partial charge in [-0.05, 0) is 0 Å². The molecular formula is C7H7ORuS. The van der Waals surface area contributed by atoms with E-state index in [2.05, 4.69) is 18.7 Å². The van der Waals surface area contributed by atoms with Crippen molar-refractivity contribution in [2.45, 2.75) is 4.90 Å². The molecule has 0 radical (unpaired) electrons. The van der Waals surface area contributed by atoms with Crippen molar-refractivity contribution in [3.63, 3.8) is 0 Å². The van der Waals surface area contributed by atoms with Crippen LogP contribution in [0.2, 0.25) is 0 Å². The predicted molar refractivity (Wildman–Crippen MR) is 38.9 cm³/mol. The zero-order chi connectivity index (χ0) is 7.40. The van der Waals surface area contributed by atoms with Crippen molar-refractivity contribution in [3.05, 3.63) is 24.3 Å². The molecule has 0 amide bonds. The van der Waals surface area contributed by atoms with Crippen molar-refractivity contribution in [2.75, 3.05) is 6.26 Å². The summed E-state index contributed by atoms with van der Waals surface area (Å²) in [6, 6.07) is 7.94. The van der Waals surface area contributed by atoms with Gasteiger partial charge in [-0.15, -0.1) is 0 Å². The number of para-hydroxylation sites is 1. The monoisotopic (exact) mass is 241 g/mol. The van der Waals surface area contributed by atoms with Gasteiger partial charge in [-0.2, -0.15) is 0 Å². The minimum absolute atomic E-state index is 0.923. The normalized spacial score (nSPS) is 9.40. The Bertz CT molecular complexity index is 192. The standard InChI is InChI=1S/C7H8OS.Ru/c1-9-7-5-3-2-4-6(7)8;/h2-5,8H,1H3;/q;+1/p-1. The Hall–Kier alpha value is -0.00662. The Kier molecular flexibility index (Phi) is 3.23. The van der Waals surface area contributed by atoms with Crippen LogP contribution >= 0.6 is 11.8 Å². The van der Waals surface area contributed by atoms with E-state index < -0.39 is 0 Å². The second-order valence-electron chi connectivity index (χ2n) is 1.72. The van der Waals surface area contributed by atoms with Crippen LogP contribution in [-0.2, 0) is 18.7 Å². The maximum atomic E-state index is 5.05. The van der Waals surface area contributed by atoms with Gasteiger partial charge in [0.2, 0.25) is 0 Å². The molecule has 1 rings (SSSR count). The van der Waals surface area contributed by atoms with E-state index in [0.29, 0.717) is 0 Å². The summed E-state index contributed by atoms with van der Waals surface area (Å²) in [6.07, 6.45) is 2.03. The third-order valence-electron chi connectivity index (χ3n) is 1.15. The fraction of sp³-hybridized carbons (Fsp3) is 0.143. The second kappa shape index (κ2) is 3.99. The summed E-state index contributed by atoms with van der Waals surface area (Å²) in [7, 11) is 0. The first kappa shape index (κ1) is 8.09. The summed E-state index contributed by atoms with van der Waals surface area (Å²) in [4.78, 5) is 1.17. The van der Waals surface area contributed by atoms with Crippen molar-refractivity contribution in [1.29, 1.82) is 0 Å². The Morgan fingerprint density at radius 3 is 2.60 bits per heavy atom. The van der Waals surface area contributed by atoms with Gasteiger partial charge >= 0.3 is 75.2 Å². The number of hydrogen-bond acceptors (Lipinski definition) is 2. The molecule has 0 atom stereocenters. The topological polar surface area (TPSA) is 9.23 Å². The summed E-state index contributed by atoms with van der Waals surface area (Å²) in [5.41, 5.74) is 0. The van der Waals surface area contributed by atoms with Crippen molar-refractivity contribution >= 4 is 11.8 Å². The van der Waals surface area contributed by atoms with Gasteiger partial charge in [-0.25, -0.2) is 0 Å². The van der Waals surface area contributed by atoms with Crippen molar-refractivity contribution in [3.8, 4) is 5.75 Å².